The fourth-order valence-electron chi connectivity index (χ4n) is 2.49. The Morgan fingerprint density at radius 1 is 0.967 bits per heavy atom. The molecule has 0 bridgehead atoms. The highest BCUT2D eigenvalue weighted by Gasteiger charge is 2.19. The summed E-state index contributed by atoms with van der Waals surface area (Å²) in [5, 5.41) is 2.66. The zero-order chi connectivity index (χ0) is 22.1. The molecule has 2 aromatic carbocycles. The highest BCUT2D eigenvalue weighted by molar-refractivity contribution is 5.96. The summed E-state index contributed by atoms with van der Waals surface area (Å²) in [7, 11) is 2.99. The maximum Gasteiger partial charge on any atom is 0.310 e. The van der Waals surface area contributed by atoms with E-state index in [-0.39, 0.29) is 18.8 Å². The second-order valence-corrected chi connectivity index (χ2v) is 6.37. The Morgan fingerprint density at radius 2 is 1.63 bits per heavy atom. The molecule has 0 saturated heterocycles. The van der Waals surface area contributed by atoms with Crippen molar-refractivity contribution >= 4 is 23.3 Å². The minimum Gasteiger partial charge on any atom is -0.497 e. The van der Waals surface area contributed by atoms with Gasteiger partial charge < -0.3 is 24.3 Å². The van der Waals surface area contributed by atoms with Crippen LogP contribution in [0.1, 0.15) is 30.6 Å². The van der Waals surface area contributed by atoms with Gasteiger partial charge in [-0.25, -0.2) is 0 Å². The number of ether oxygens (including phenoxy) is 4. The van der Waals surface area contributed by atoms with E-state index in [0.717, 1.165) is 0 Å². The molecule has 0 aliphatic rings. The minimum absolute atomic E-state index is 0.0332. The second-order valence-electron chi connectivity index (χ2n) is 6.37. The number of Topliss-reactive ketones (excluding diaryl/α,β-unsaturated/α-hetero) is 1. The van der Waals surface area contributed by atoms with Crippen LogP contribution in [0, 0.1) is 0 Å². The molecule has 1 amide bonds. The van der Waals surface area contributed by atoms with Crippen LogP contribution in [0.5, 0.6) is 17.2 Å². The van der Waals surface area contributed by atoms with Crippen molar-refractivity contribution in [3.63, 3.8) is 0 Å². The lowest BCUT2D eigenvalue weighted by Gasteiger charge is -2.16. The average molecular weight is 415 g/mol. The van der Waals surface area contributed by atoms with Crippen LogP contribution in [0.25, 0.3) is 0 Å². The molecule has 0 aromatic heterocycles. The lowest BCUT2D eigenvalue weighted by atomic mass is 10.1. The summed E-state index contributed by atoms with van der Waals surface area (Å²) in [6.07, 6.45) is -1.04. The number of rotatable bonds is 10. The van der Waals surface area contributed by atoms with E-state index in [1.54, 1.807) is 42.5 Å². The van der Waals surface area contributed by atoms with Gasteiger partial charge in [-0.3, -0.25) is 14.4 Å². The third kappa shape index (κ3) is 6.51. The molecule has 0 aliphatic heterocycles. The number of amides is 1. The van der Waals surface area contributed by atoms with Crippen LogP contribution in [-0.4, -0.2) is 44.6 Å². The van der Waals surface area contributed by atoms with Crippen LogP contribution in [-0.2, 0) is 14.3 Å². The maximum atomic E-state index is 12.4. The quantitative estimate of drug-likeness (QED) is 0.470. The third-order valence-electron chi connectivity index (χ3n) is 4.18. The van der Waals surface area contributed by atoms with E-state index in [9.17, 15) is 14.4 Å². The van der Waals surface area contributed by atoms with Gasteiger partial charge in [-0.1, -0.05) is 0 Å². The number of carbonyl (C=O) groups excluding carboxylic acids is 3. The predicted octanol–water partition coefficient (Wildman–Crippen LogP) is 3.25. The van der Waals surface area contributed by atoms with E-state index in [1.165, 1.54) is 28.1 Å². The van der Waals surface area contributed by atoms with E-state index in [2.05, 4.69) is 5.32 Å². The number of hydrogen-bond donors (Lipinski definition) is 1. The summed E-state index contributed by atoms with van der Waals surface area (Å²) in [4.78, 5) is 35.6. The predicted molar refractivity (Wildman–Crippen MR) is 110 cm³/mol. The first-order chi connectivity index (χ1) is 14.3. The van der Waals surface area contributed by atoms with Crippen molar-refractivity contribution in [3.05, 3.63) is 48.0 Å². The first-order valence-electron chi connectivity index (χ1n) is 9.30. The average Bonchev–Trinajstić information content (AvgIpc) is 2.73. The van der Waals surface area contributed by atoms with E-state index >= 15 is 0 Å². The number of esters is 1. The zero-order valence-corrected chi connectivity index (χ0v) is 17.4. The Kier molecular flexibility index (Phi) is 8.22. The molecule has 160 valence electrons. The van der Waals surface area contributed by atoms with Crippen LogP contribution >= 0.6 is 0 Å². The fourth-order valence-corrected chi connectivity index (χ4v) is 2.49. The van der Waals surface area contributed by atoms with E-state index in [4.69, 9.17) is 18.9 Å². The molecule has 2 rings (SSSR count). The van der Waals surface area contributed by atoms with Crippen molar-refractivity contribution in [2.75, 3.05) is 26.1 Å². The molecule has 1 atom stereocenters. The SMILES string of the molecule is COc1ccc(OC)c(NC(=O)C(C)OC(=O)CCOc2ccc(C(C)=O)cc2)c1. The number of nitrogens with one attached hydrogen (secondary N) is 1. The first-order valence-corrected chi connectivity index (χ1v) is 9.30. The molecule has 0 saturated carbocycles. The van der Waals surface area contributed by atoms with Crippen LogP contribution in [0.15, 0.2) is 42.5 Å². The topological polar surface area (TPSA) is 100 Å². The summed E-state index contributed by atoms with van der Waals surface area (Å²) in [5.41, 5.74) is 0.983. The molecular weight excluding hydrogens is 390 g/mol. The van der Waals surface area contributed by atoms with Crippen LogP contribution in [0.4, 0.5) is 5.69 Å². The van der Waals surface area contributed by atoms with E-state index < -0.39 is 18.0 Å². The standard InChI is InChI=1S/C22H25NO7/c1-14(24)16-5-7-17(8-6-16)29-12-11-21(25)30-15(2)22(26)23-19-13-18(27-3)9-10-20(19)28-4/h5-10,13,15H,11-12H2,1-4H3,(H,23,26). The molecule has 8 nitrogen and oxygen atoms in total. The molecule has 0 spiro atoms. The van der Waals surface area contributed by atoms with Crippen molar-refractivity contribution in [1.82, 2.24) is 0 Å². The van der Waals surface area contributed by atoms with Crippen LogP contribution < -0.4 is 19.5 Å². The number of anilines is 1. The van der Waals surface area contributed by atoms with Gasteiger partial charge in [-0.05, 0) is 50.2 Å². The Bertz CT molecular complexity index is 893. The Balaban J connectivity index is 1.82. The molecule has 2 aromatic rings. The Labute approximate surface area is 175 Å². The van der Waals surface area contributed by atoms with Gasteiger partial charge in [0, 0.05) is 11.6 Å². The number of methoxy groups -OCH3 is 2. The number of ketones is 1. The van der Waals surface area contributed by atoms with Gasteiger partial charge in [0.15, 0.2) is 11.9 Å². The van der Waals surface area contributed by atoms with Gasteiger partial charge in [0.2, 0.25) is 0 Å². The van der Waals surface area contributed by atoms with Crippen molar-refractivity contribution in [3.8, 4) is 17.2 Å². The van der Waals surface area contributed by atoms with Gasteiger partial charge in [-0.2, -0.15) is 0 Å². The summed E-state index contributed by atoms with van der Waals surface area (Å²) in [6, 6.07) is 11.6. The summed E-state index contributed by atoms with van der Waals surface area (Å²) >= 11 is 0. The Hall–Kier alpha value is -3.55. The van der Waals surface area contributed by atoms with Gasteiger partial charge in [0.1, 0.15) is 17.2 Å². The normalized spacial score (nSPS) is 11.2. The molecule has 0 fully saturated rings. The van der Waals surface area contributed by atoms with Gasteiger partial charge >= 0.3 is 5.97 Å². The summed E-state index contributed by atoms with van der Waals surface area (Å²) < 4.78 is 21.0. The third-order valence-corrected chi connectivity index (χ3v) is 4.18. The van der Waals surface area contributed by atoms with Crippen molar-refractivity contribution in [1.29, 1.82) is 0 Å². The first kappa shape index (κ1) is 22.7. The molecule has 0 heterocycles. The lowest BCUT2D eigenvalue weighted by molar-refractivity contribution is -0.153. The number of carbonyl (C=O) groups is 3. The van der Waals surface area contributed by atoms with Crippen molar-refractivity contribution in [2.45, 2.75) is 26.4 Å². The van der Waals surface area contributed by atoms with E-state index in [0.29, 0.717) is 28.5 Å². The monoisotopic (exact) mass is 415 g/mol. The smallest absolute Gasteiger partial charge is 0.310 e. The van der Waals surface area contributed by atoms with E-state index in [1.807, 2.05) is 0 Å². The fraction of sp³-hybridized carbons (Fsp3) is 0.318. The van der Waals surface area contributed by atoms with Gasteiger partial charge in [-0.15, -0.1) is 0 Å². The summed E-state index contributed by atoms with van der Waals surface area (Å²) in [5.74, 6) is 0.412. The second kappa shape index (κ2) is 10.8. The molecule has 1 unspecified atom stereocenters. The zero-order valence-electron chi connectivity index (χ0n) is 17.4. The highest BCUT2D eigenvalue weighted by Crippen LogP contribution is 2.29. The molecule has 1 N–H and O–H groups in total. The molecule has 30 heavy (non-hydrogen) atoms. The van der Waals surface area contributed by atoms with Gasteiger partial charge in [0.05, 0.1) is 32.9 Å². The molecule has 0 aliphatic carbocycles. The Morgan fingerprint density at radius 3 is 2.23 bits per heavy atom. The van der Waals surface area contributed by atoms with Crippen molar-refractivity contribution < 1.29 is 33.3 Å². The molecular formula is C22H25NO7. The van der Waals surface area contributed by atoms with Crippen LogP contribution in [0.2, 0.25) is 0 Å². The summed E-state index contributed by atoms with van der Waals surface area (Å²) in [6.45, 7) is 3.03. The molecule has 0 radical (unpaired) electrons. The van der Waals surface area contributed by atoms with Crippen molar-refractivity contribution in [2.24, 2.45) is 0 Å². The lowest BCUT2D eigenvalue weighted by Crippen LogP contribution is -2.30. The number of benzene rings is 2. The largest absolute Gasteiger partial charge is 0.497 e. The maximum absolute atomic E-state index is 12.4. The molecule has 8 heteroatoms. The number of hydrogen-bond acceptors (Lipinski definition) is 7. The minimum atomic E-state index is -1.01. The van der Waals surface area contributed by atoms with Gasteiger partial charge in [0.25, 0.3) is 5.91 Å². The van der Waals surface area contributed by atoms with Crippen LogP contribution in [0.3, 0.4) is 0 Å². The highest BCUT2D eigenvalue weighted by atomic mass is 16.6.